The smallest absolute Gasteiger partial charge is 0.314 e. The highest BCUT2D eigenvalue weighted by atomic mass is 16.5. The number of rotatable bonds is 5. The van der Waals surface area contributed by atoms with Crippen LogP contribution in [0.5, 0.6) is 5.75 Å². The molecule has 30 heavy (non-hydrogen) atoms. The molecule has 2 fully saturated rings. The molecule has 3 aromatic rings. The summed E-state index contributed by atoms with van der Waals surface area (Å²) in [6.45, 7) is 4.06. The average molecular weight is 404 g/mol. The first-order valence-corrected chi connectivity index (χ1v) is 10.4. The van der Waals surface area contributed by atoms with Gasteiger partial charge in [-0.1, -0.05) is 18.2 Å². The van der Waals surface area contributed by atoms with Gasteiger partial charge in [0.1, 0.15) is 11.6 Å². The molecule has 1 saturated heterocycles. The van der Waals surface area contributed by atoms with Crippen LogP contribution in [0.1, 0.15) is 18.7 Å². The highest BCUT2D eigenvalue weighted by Gasteiger charge is 2.31. The molecule has 0 unspecified atom stereocenters. The Labute approximate surface area is 174 Å². The second-order valence-corrected chi connectivity index (χ2v) is 7.99. The molecule has 7 nitrogen and oxygen atoms in total. The van der Waals surface area contributed by atoms with Gasteiger partial charge in [0.05, 0.1) is 23.4 Å². The van der Waals surface area contributed by atoms with E-state index in [1.54, 1.807) is 6.07 Å². The van der Waals surface area contributed by atoms with Gasteiger partial charge in [-0.15, -0.1) is 0 Å². The van der Waals surface area contributed by atoms with Gasteiger partial charge in [0.2, 0.25) is 0 Å². The lowest BCUT2D eigenvalue weighted by molar-refractivity contribution is -0.135. The van der Waals surface area contributed by atoms with Crippen molar-refractivity contribution in [3.05, 3.63) is 64.7 Å². The zero-order valence-corrected chi connectivity index (χ0v) is 16.7. The molecule has 0 spiro atoms. The second kappa shape index (κ2) is 7.91. The molecule has 1 aliphatic carbocycles. The lowest BCUT2D eigenvalue weighted by Crippen LogP contribution is -2.46. The predicted molar refractivity (Wildman–Crippen MR) is 115 cm³/mol. The number of hydrogen-bond donors (Lipinski definition) is 1. The average Bonchev–Trinajstić information content (AvgIpc) is 3.60. The maximum atomic E-state index is 12.3. The monoisotopic (exact) mass is 404 g/mol. The van der Waals surface area contributed by atoms with Crippen molar-refractivity contribution in [1.82, 2.24) is 14.9 Å². The molecule has 0 bridgehead atoms. The normalized spacial score (nSPS) is 17.3. The van der Waals surface area contributed by atoms with E-state index >= 15 is 0 Å². The van der Waals surface area contributed by atoms with Crippen molar-refractivity contribution in [3.8, 4) is 5.75 Å². The largest absolute Gasteiger partial charge is 0.426 e. The molecule has 2 heterocycles. The summed E-state index contributed by atoms with van der Waals surface area (Å²) in [7, 11) is 0. The standard InChI is InChI=1S/C23H24N4O3/c28-22-19-6-1-2-7-20(19)24-21(25-22)15-26-10-12-27(13-11-26)17-4-3-5-18(14-17)30-23(29)16-8-9-16/h1-7,14,16H,8-13,15H2,(H,24,25,28). The quantitative estimate of drug-likeness (QED) is 0.520. The summed E-state index contributed by atoms with van der Waals surface area (Å²) in [6.07, 6.45) is 1.88. The van der Waals surface area contributed by atoms with Crippen LogP contribution in [0.25, 0.3) is 10.9 Å². The van der Waals surface area contributed by atoms with Gasteiger partial charge in [-0.05, 0) is 37.1 Å². The molecular weight excluding hydrogens is 380 g/mol. The van der Waals surface area contributed by atoms with Crippen molar-refractivity contribution in [2.24, 2.45) is 5.92 Å². The first-order chi connectivity index (χ1) is 14.7. The van der Waals surface area contributed by atoms with Crippen LogP contribution in [-0.4, -0.2) is 47.0 Å². The first kappa shape index (κ1) is 18.8. The topological polar surface area (TPSA) is 78.5 Å². The number of H-pyrrole nitrogens is 1. The Bertz CT molecular complexity index is 1130. The number of nitrogens with one attached hydrogen (secondary N) is 1. The van der Waals surface area contributed by atoms with Crippen LogP contribution in [0.15, 0.2) is 53.3 Å². The van der Waals surface area contributed by atoms with E-state index in [1.807, 2.05) is 42.5 Å². The van der Waals surface area contributed by atoms with Gasteiger partial charge in [-0.3, -0.25) is 14.5 Å². The van der Waals surface area contributed by atoms with Crippen molar-refractivity contribution < 1.29 is 9.53 Å². The summed E-state index contributed by atoms with van der Waals surface area (Å²) in [6, 6.07) is 15.2. The molecule has 154 valence electrons. The van der Waals surface area contributed by atoms with Crippen molar-refractivity contribution in [3.63, 3.8) is 0 Å². The molecule has 7 heteroatoms. The number of carbonyl (C=O) groups is 1. The number of nitrogens with zero attached hydrogens (tertiary/aromatic N) is 3. The van der Waals surface area contributed by atoms with E-state index < -0.39 is 0 Å². The van der Waals surface area contributed by atoms with E-state index in [1.165, 1.54) is 0 Å². The summed E-state index contributed by atoms with van der Waals surface area (Å²) in [5.41, 5.74) is 1.70. The Morgan fingerprint density at radius 3 is 2.67 bits per heavy atom. The summed E-state index contributed by atoms with van der Waals surface area (Å²) >= 11 is 0. The number of aromatic amines is 1. The van der Waals surface area contributed by atoms with Crippen molar-refractivity contribution >= 4 is 22.6 Å². The van der Waals surface area contributed by atoms with E-state index in [0.29, 0.717) is 23.5 Å². The molecule has 1 aliphatic heterocycles. The molecule has 2 aliphatic rings. The Kier molecular flexibility index (Phi) is 4.96. The lowest BCUT2D eigenvalue weighted by atomic mass is 10.2. The fourth-order valence-corrected chi connectivity index (χ4v) is 3.85. The summed E-state index contributed by atoms with van der Waals surface area (Å²) in [5, 5.41) is 0.619. The minimum absolute atomic E-state index is 0.0901. The molecule has 1 saturated carbocycles. The third-order valence-electron chi connectivity index (χ3n) is 5.72. The SMILES string of the molecule is O=C(Oc1cccc(N2CCN(Cc3nc4ccccc4c(=O)[nH]3)CC2)c1)C1CC1. The summed E-state index contributed by atoms with van der Waals surface area (Å²) in [5.74, 6) is 1.28. The van der Waals surface area contributed by atoms with Gasteiger partial charge in [0.25, 0.3) is 5.56 Å². The highest BCUT2D eigenvalue weighted by molar-refractivity contribution is 5.78. The van der Waals surface area contributed by atoms with Gasteiger partial charge in [-0.2, -0.15) is 0 Å². The third-order valence-corrected chi connectivity index (χ3v) is 5.72. The van der Waals surface area contributed by atoms with Crippen LogP contribution in [0.2, 0.25) is 0 Å². The number of piperazine rings is 1. The Balaban J connectivity index is 1.21. The van der Waals surface area contributed by atoms with E-state index in [9.17, 15) is 9.59 Å². The van der Waals surface area contributed by atoms with Crippen molar-refractivity contribution in [2.45, 2.75) is 19.4 Å². The first-order valence-electron chi connectivity index (χ1n) is 10.4. The number of hydrogen-bond acceptors (Lipinski definition) is 6. The van der Waals surface area contributed by atoms with E-state index in [-0.39, 0.29) is 17.4 Å². The number of fused-ring (bicyclic) bond motifs is 1. The fourth-order valence-electron chi connectivity index (χ4n) is 3.85. The molecule has 0 radical (unpaired) electrons. The second-order valence-electron chi connectivity index (χ2n) is 7.99. The summed E-state index contributed by atoms with van der Waals surface area (Å²) in [4.78, 5) is 36.3. The van der Waals surface area contributed by atoms with Crippen molar-refractivity contribution in [1.29, 1.82) is 0 Å². The maximum absolute atomic E-state index is 12.3. The van der Waals surface area contributed by atoms with Crippen LogP contribution in [-0.2, 0) is 11.3 Å². The van der Waals surface area contributed by atoms with Gasteiger partial charge in [-0.25, -0.2) is 4.98 Å². The zero-order valence-electron chi connectivity index (χ0n) is 16.7. The number of aromatic nitrogens is 2. The van der Waals surface area contributed by atoms with Crippen LogP contribution in [0, 0.1) is 5.92 Å². The number of ether oxygens (including phenoxy) is 1. The van der Waals surface area contributed by atoms with Gasteiger partial charge in [0, 0.05) is 37.9 Å². The lowest BCUT2D eigenvalue weighted by Gasteiger charge is -2.35. The fraction of sp³-hybridized carbons (Fsp3) is 0.348. The highest BCUT2D eigenvalue weighted by Crippen LogP contribution is 2.31. The Morgan fingerprint density at radius 2 is 1.87 bits per heavy atom. The van der Waals surface area contributed by atoms with Gasteiger partial charge in [0.15, 0.2) is 0 Å². The van der Waals surface area contributed by atoms with Gasteiger partial charge >= 0.3 is 5.97 Å². The van der Waals surface area contributed by atoms with Crippen LogP contribution in [0.3, 0.4) is 0 Å². The van der Waals surface area contributed by atoms with E-state index in [2.05, 4.69) is 19.8 Å². The number of carbonyl (C=O) groups excluding carboxylic acids is 1. The van der Waals surface area contributed by atoms with Crippen LogP contribution < -0.4 is 15.2 Å². The van der Waals surface area contributed by atoms with Crippen LogP contribution >= 0.6 is 0 Å². The third kappa shape index (κ3) is 4.07. The van der Waals surface area contributed by atoms with Crippen molar-refractivity contribution in [2.75, 3.05) is 31.1 Å². The number of esters is 1. The number of benzene rings is 2. The molecule has 2 aromatic carbocycles. The molecular formula is C23H24N4O3. The predicted octanol–water partition coefficient (Wildman–Crippen LogP) is 2.56. The van der Waals surface area contributed by atoms with Crippen LogP contribution in [0.4, 0.5) is 5.69 Å². The maximum Gasteiger partial charge on any atom is 0.314 e. The summed E-state index contributed by atoms with van der Waals surface area (Å²) < 4.78 is 5.50. The minimum atomic E-state index is -0.117. The molecule has 0 atom stereocenters. The van der Waals surface area contributed by atoms with Gasteiger partial charge < -0.3 is 14.6 Å². The zero-order chi connectivity index (χ0) is 20.5. The Morgan fingerprint density at radius 1 is 1.07 bits per heavy atom. The number of anilines is 1. The molecule has 5 rings (SSSR count). The van der Waals surface area contributed by atoms with E-state index in [4.69, 9.17) is 4.74 Å². The molecule has 1 aromatic heterocycles. The molecule has 1 N–H and O–H groups in total. The minimum Gasteiger partial charge on any atom is -0.426 e. The van der Waals surface area contributed by atoms with E-state index in [0.717, 1.165) is 50.2 Å². The number of para-hydroxylation sites is 1. The molecule has 0 amide bonds. The Hall–Kier alpha value is -3.19.